The summed E-state index contributed by atoms with van der Waals surface area (Å²) in [6.45, 7) is 1.74. The minimum Gasteiger partial charge on any atom is -0.320 e. The van der Waals surface area contributed by atoms with Crippen LogP contribution in [-0.4, -0.2) is 40.5 Å². The predicted molar refractivity (Wildman–Crippen MR) is 123 cm³/mol. The Labute approximate surface area is 197 Å². The number of carbonyl (C=O) groups excluding carboxylic acids is 2. The van der Waals surface area contributed by atoms with Crippen LogP contribution in [0, 0.1) is 6.92 Å². The van der Waals surface area contributed by atoms with Crippen molar-refractivity contribution in [3.05, 3.63) is 74.1 Å². The third kappa shape index (κ3) is 5.08. The molecule has 3 rings (SSSR count). The number of nitrogens with zero attached hydrogens (tertiary/aromatic N) is 3. The van der Waals surface area contributed by atoms with Crippen molar-refractivity contribution in [2.75, 3.05) is 19.5 Å². The molecule has 0 bridgehead atoms. The summed E-state index contributed by atoms with van der Waals surface area (Å²) < 4.78 is 2.22. The Morgan fingerprint density at radius 3 is 2.68 bits per heavy atom. The van der Waals surface area contributed by atoms with E-state index in [4.69, 9.17) is 28.0 Å². The molecular weight excluding hydrogens is 509 g/mol. The lowest BCUT2D eigenvalue weighted by Gasteiger charge is -2.20. The van der Waals surface area contributed by atoms with Crippen molar-refractivity contribution in [3.63, 3.8) is 0 Å². The molecule has 2 heterocycles. The second-order valence-corrected chi connectivity index (χ2v) is 8.24. The van der Waals surface area contributed by atoms with Gasteiger partial charge in [0.2, 0.25) is 0 Å². The van der Waals surface area contributed by atoms with Crippen LogP contribution < -0.4 is 10.9 Å². The minimum atomic E-state index is -0.464. The Balaban J connectivity index is 2.02. The van der Waals surface area contributed by atoms with Gasteiger partial charge < -0.3 is 5.32 Å². The maximum atomic E-state index is 13.2. The fourth-order valence-corrected chi connectivity index (χ4v) is 3.86. The number of carbonyl (C=O) groups is 2. The molecule has 0 aliphatic carbocycles. The molecule has 0 aliphatic rings. The van der Waals surface area contributed by atoms with Crippen LogP contribution in [0.5, 0.6) is 0 Å². The van der Waals surface area contributed by atoms with Crippen LogP contribution in [0.1, 0.15) is 26.4 Å². The molecule has 0 spiro atoms. The molecule has 162 valence electrons. The van der Waals surface area contributed by atoms with Crippen LogP contribution in [0.25, 0.3) is 5.82 Å². The molecule has 0 atom stereocenters. The van der Waals surface area contributed by atoms with Gasteiger partial charge in [-0.25, -0.2) is 4.98 Å². The second-order valence-electron chi connectivity index (χ2n) is 6.48. The summed E-state index contributed by atoms with van der Waals surface area (Å²) in [5.74, 6) is -0.519. The average molecular weight is 527 g/mol. The van der Waals surface area contributed by atoms with Crippen LogP contribution >= 0.6 is 39.1 Å². The summed E-state index contributed by atoms with van der Waals surface area (Å²) >= 11 is 15.8. The van der Waals surface area contributed by atoms with Gasteiger partial charge in [0.05, 0.1) is 23.4 Å². The SMILES string of the molecule is CONN(C)C(=O)c1cc(Cl)cc(C)c1NC(=O)c1cc(Br)cn1-c1ncccc1Cl. The maximum Gasteiger partial charge on any atom is 0.272 e. The topological polar surface area (TPSA) is 88.5 Å². The molecule has 1 aromatic carbocycles. The molecule has 11 heteroatoms. The predicted octanol–water partition coefficient (Wildman–Crippen LogP) is 4.64. The van der Waals surface area contributed by atoms with Crippen molar-refractivity contribution in [2.45, 2.75) is 6.92 Å². The summed E-state index contributed by atoms with van der Waals surface area (Å²) in [4.78, 5) is 35.1. The first-order chi connectivity index (χ1) is 14.7. The zero-order valence-corrected chi connectivity index (χ0v) is 19.8. The number of halogens is 3. The molecule has 0 aliphatic heterocycles. The van der Waals surface area contributed by atoms with Gasteiger partial charge in [-0.3, -0.25) is 24.0 Å². The second kappa shape index (κ2) is 9.80. The van der Waals surface area contributed by atoms with Crippen molar-refractivity contribution in [1.82, 2.24) is 20.1 Å². The number of pyridine rings is 1. The van der Waals surface area contributed by atoms with E-state index in [-0.39, 0.29) is 11.3 Å². The van der Waals surface area contributed by atoms with E-state index in [1.54, 1.807) is 48.1 Å². The summed E-state index contributed by atoms with van der Waals surface area (Å²) in [5, 5.41) is 4.69. The molecule has 0 unspecified atom stereocenters. The van der Waals surface area contributed by atoms with E-state index in [0.717, 1.165) is 5.01 Å². The van der Waals surface area contributed by atoms with Crippen molar-refractivity contribution in [2.24, 2.45) is 0 Å². The number of hydrogen-bond acceptors (Lipinski definition) is 5. The molecule has 0 fully saturated rings. The van der Waals surface area contributed by atoms with Gasteiger partial charge in [-0.15, -0.1) is 5.59 Å². The summed E-state index contributed by atoms with van der Waals surface area (Å²) in [7, 11) is 2.86. The highest BCUT2D eigenvalue weighted by atomic mass is 79.9. The van der Waals surface area contributed by atoms with E-state index in [1.807, 2.05) is 0 Å². The first kappa shape index (κ1) is 23.2. The van der Waals surface area contributed by atoms with Gasteiger partial charge in [-0.1, -0.05) is 23.2 Å². The zero-order chi connectivity index (χ0) is 22.7. The third-order valence-electron chi connectivity index (χ3n) is 4.29. The van der Waals surface area contributed by atoms with Crippen LogP contribution in [0.3, 0.4) is 0 Å². The lowest BCUT2D eigenvalue weighted by molar-refractivity contribution is -0.0281. The monoisotopic (exact) mass is 525 g/mol. The fraction of sp³-hybridized carbons (Fsp3) is 0.150. The summed E-state index contributed by atoms with van der Waals surface area (Å²) in [6.07, 6.45) is 3.26. The van der Waals surface area contributed by atoms with Gasteiger partial charge in [-0.05, 0) is 58.7 Å². The summed E-state index contributed by atoms with van der Waals surface area (Å²) in [5.41, 5.74) is 3.82. The molecule has 0 radical (unpaired) electrons. The van der Waals surface area contributed by atoms with Crippen LogP contribution in [-0.2, 0) is 4.84 Å². The van der Waals surface area contributed by atoms with E-state index in [2.05, 4.69) is 31.8 Å². The Morgan fingerprint density at radius 1 is 1.26 bits per heavy atom. The van der Waals surface area contributed by atoms with E-state index >= 15 is 0 Å². The number of hydrogen-bond donors (Lipinski definition) is 2. The number of nitrogens with one attached hydrogen (secondary N) is 2. The Hall–Kier alpha value is -2.43. The highest BCUT2D eigenvalue weighted by Crippen LogP contribution is 2.29. The van der Waals surface area contributed by atoms with E-state index in [0.29, 0.717) is 31.6 Å². The minimum absolute atomic E-state index is 0.193. The first-order valence-electron chi connectivity index (χ1n) is 8.90. The Morgan fingerprint density at radius 2 is 2.00 bits per heavy atom. The number of hydrazine groups is 1. The van der Waals surface area contributed by atoms with Gasteiger partial charge in [-0.2, -0.15) is 0 Å². The lowest BCUT2D eigenvalue weighted by atomic mass is 10.1. The standard InChI is InChI=1S/C20H18BrCl2N5O3/c1-11-7-13(22)9-14(20(30)27(2)26-31-3)17(11)25-19(29)16-8-12(21)10-28(16)18-15(23)5-4-6-24-18/h4-10,26H,1-3H3,(H,25,29). The van der Waals surface area contributed by atoms with Gasteiger partial charge >= 0.3 is 0 Å². The maximum absolute atomic E-state index is 13.2. The third-order valence-corrected chi connectivity index (χ3v) is 5.24. The lowest BCUT2D eigenvalue weighted by Crippen LogP contribution is -2.39. The number of anilines is 1. The van der Waals surface area contributed by atoms with Crippen LogP contribution in [0.4, 0.5) is 5.69 Å². The Kier molecular flexibility index (Phi) is 7.34. The number of aromatic nitrogens is 2. The van der Waals surface area contributed by atoms with Gasteiger partial charge in [0.15, 0.2) is 5.82 Å². The van der Waals surface area contributed by atoms with Crippen LogP contribution in [0.2, 0.25) is 10.0 Å². The number of aryl methyl sites for hydroxylation is 1. The first-order valence-corrected chi connectivity index (χ1v) is 10.4. The van der Waals surface area contributed by atoms with Crippen molar-refractivity contribution in [1.29, 1.82) is 0 Å². The van der Waals surface area contributed by atoms with Crippen molar-refractivity contribution in [3.8, 4) is 5.82 Å². The molecule has 31 heavy (non-hydrogen) atoms. The zero-order valence-electron chi connectivity index (χ0n) is 16.7. The number of benzene rings is 1. The molecule has 0 saturated heterocycles. The molecule has 2 N–H and O–H groups in total. The molecular formula is C20H18BrCl2N5O3. The highest BCUT2D eigenvalue weighted by Gasteiger charge is 2.23. The van der Waals surface area contributed by atoms with Gasteiger partial charge in [0, 0.05) is 28.9 Å². The number of amides is 2. The van der Waals surface area contributed by atoms with Crippen molar-refractivity contribution < 1.29 is 14.4 Å². The van der Waals surface area contributed by atoms with Crippen LogP contribution in [0.15, 0.2) is 47.2 Å². The summed E-state index contributed by atoms with van der Waals surface area (Å²) in [6, 6.07) is 8.14. The molecule has 8 nitrogen and oxygen atoms in total. The molecule has 0 saturated carbocycles. The van der Waals surface area contributed by atoms with Crippen molar-refractivity contribution >= 4 is 56.6 Å². The van der Waals surface area contributed by atoms with Gasteiger partial charge in [0.1, 0.15) is 5.69 Å². The number of rotatable bonds is 6. The average Bonchev–Trinajstić information content (AvgIpc) is 3.11. The van der Waals surface area contributed by atoms with E-state index in [1.165, 1.54) is 20.2 Å². The van der Waals surface area contributed by atoms with E-state index < -0.39 is 11.8 Å². The molecule has 3 aromatic rings. The smallest absolute Gasteiger partial charge is 0.272 e. The quantitative estimate of drug-likeness (QED) is 0.457. The molecule has 2 aromatic heterocycles. The normalized spacial score (nSPS) is 10.8. The fourth-order valence-electron chi connectivity index (χ4n) is 2.95. The van der Waals surface area contributed by atoms with Gasteiger partial charge in [0.25, 0.3) is 11.8 Å². The largest absolute Gasteiger partial charge is 0.320 e. The van der Waals surface area contributed by atoms with E-state index in [9.17, 15) is 9.59 Å². The molecule has 2 amide bonds. The highest BCUT2D eigenvalue weighted by molar-refractivity contribution is 9.10. The Bertz CT molecular complexity index is 1150.